The third kappa shape index (κ3) is 4.94. The topological polar surface area (TPSA) is 98.3 Å². The van der Waals surface area contributed by atoms with Crippen molar-refractivity contribution in [1.82, 2.24) is 20.3 Å². The van der Waals surface area contributed by atoms with Crippen LogP contribution < -0.4 is 20.1 Å². The molecular formula is C20H21N5O3. The molecule has 2 aromatic heterocycles. The molecule has 0 radical (unpaired) electrons. The second-order valence-electron chi connectivity index (χ2n) is 5.88. The van der Waals surface area contributed by atoms with Gasteiger partial charge in [-0.05, 0) is 29.3 Å². The van der Waals surface area contributed by atoms with E-state index in [1.165, 1.54) is 12.4 Å². The Balaban J connectivity index is 1.55. The van der Waals surface area contributed by atoms with Crippen molar-refractivity contribution in [3.05, 3.63) is 71.8 Å². The van der Waals surface area contributed by atoms with Crippen molar-refractivity contribution < 1.29 is 14.3 Å². The molecule has 0 aliphatic rings. The number of anilines is 1. The van der Waals surface area contributed by atoms with Crippen LogP contribution in [0.5, 0.6) is 11.5 Å². The van der Waals surface area contributed by atoms with E-state index >= 15 is 0 Å². The summed E-state index contributed by atoms with van der Waals surface area (Å²) in [6, 6.07) is 9.36. The molecule has 8 nitrogen and oxygen atoms in total. The number of carbonyl (C=O) groups is 1. The molecule has 144 valence electrons. The van der Waals surface area contributed by atoms with E-state index in [0.717, 1.165) is 11.1 Å². The van der Waals surface area contributed by atoms with Gasteiger partial charge in [-0.1, -0.05) is 12.1 Å². The van der Waals surface area contributed by atoms with Crippen molar-refractivity contribution in [1.29, 1.82) is 0 Å². The van der Waals surface area contributed by atoms with Crippen LogP contribution >= 0.6 is 0 Å². The van der Waals surface area contributed by atoms with Crippen LogP contribution in [0.4, 0.5) is 5.95 Å². The molecule has 0 bridgehead atoms. The summed E-state index contributed by atoms with van der Waals surface area (Å²) < 4.78 is 10.5. The Labute approximate surface area is 163 Å². The van der Waals surface area contributed by atoms with Gasteiger partial charge in [0.15, 0.2) is 11.5 Å². The summed E-state index contributed by atoms with van der Waals surface area (Å²) in [5.41, 5.74) is 2.30. The van der Waals surface area contributed by atoms with E-state index in [9.17, 15) is 4.79 Å². The van der Waals surface area contributed by atoms with Crippen LogP contribution in [0.2, 0.25) is 0 Å². The average Bonchev–Trinajstić information content (AvgIpc) is 2.76. The number of carbonyl (C=O) groups excluding carboxylic acids is 1. The Kier molecular flexibility index (Phi) is 6.35. The molecule has 1 amide bonds. The molecule has 2 N–H and O–H groups in total. The maximum Gasteiger partial charge on any atom is 0.254 e. The first-order chi connectivity index (χ1) is 13.7. The van der Waals surface area contributed by atoms with E-state index in [1.807, 2.05) is 30.3 Å². The van der Waals surface area contributed by atoms with Gasteiger partial charge in [0.05, 0.1) is 19.8 Å². The molecule has 0 aliphatic carbocycles. The van der Waals surface area contributed by atoms with E-state index in [-0.39, 0.29) is 5.91 Å². The molecule has 0 fully saturated rings. The lowest BCUT2D eigenvalue weighted by Crippen LogP contribution is -2.23. The molecule has 0 unspecified atom stereocenters. The van der Waals surface area contributed by atoms with E-state index in [2.05, 4.69) is 25.6 Å². The molecule has 0 atom stereocenters. The Morgan fingerprint density at radius 2 is 1.75 bits per heavy atom. The number of aromatic nitrogens is 3. The van der Waals surface area contributed by atoms with Gasteiger partial charge in [0.1, 0.15) is 0 Å². The van der Waals surface area contributed by atoms with Crippen molar-refractivity contribution in [3.8, 4) is 11.5 Å². The highest BCUT2D eigenvalue weighted by molar-refractivity contribution is 5.93. The van der Waals surface area contributed by atoms with Gasteiger partial charge in [-0.3, -0.25) is 9.78 Å². The van der Waals surface area contributed by atoms with Crippen molar-refractivity contribution in [2.24, 2.45) is 0 Å². The fourth-order valence-corrected chi connectivity index (χ4v) is 2.50. The van der Waals surface area contributed by atoms with E-state index in [4.69, 9.17) is 9.47 Å². The highest BCUT2D eigenvalue weighted by atomic mass is 16.5. The molecule has 0 aliphatic heterocycles. The Morgan fingerprint density at radius 1 is 0.964 bits per heavy atom. The fourth-order valence-electron chi connectivity index (χ4n) is 2.50. The first-order valence-corrected chi connectivity index (χ1v) is 8.63. The predicted octanol–water partition coefficient (Wildman–Crippen LogP) is 2.43. The normalized spacial score (nSPS) is 10.2. The highest BCUT2D eigenvalue weighted by Crippen LogP contribution is 2.27. The van der Waals surface area contributed by atoms with Gasteiger partial charge in [0, 0.05) is 37.9 Å². The van der Waals surface area contributed by atoms with Crippen LogP contribution in [0.1, 0.15) is 21.5 Å². The maximum absolute atomic E-state index is 12.2. The first kappa shape index (κ1) is 19.1. The number of nitrogens with zero attached hydrogens (tertiary/aromatic N) is 3. The number of hydrogen-bond donors (Lipinski definition) is 2. The number of nitrogens with one attached hydrogen (secondary N) is 2. The Morgan fingerprint density at radius 3 is 2.43 bits per heavy atom. The highest BCUT2D eigenvalue weighted by Gasteiger charge is 2.08. The minimum atomic E-state index is -0.240. The number of rotatable bonds is 8. The van der Waals surface area contributed by atoms with Gasteiger partial charge in [-0.25, -0.2) is 9.97 Å². The lowest BCUT2D eigenvalue weighted by atomic mass is 10.2. The van der Waals surface area contributed by atoms with Crippen LogP contribution in [0.15, 0.2) is 55.1 Å². The lowest BCUT2D eigenvalue weighted by Gasteiger charge is -2.10. The van der Waals surface area contributed by atoms with Gasteiger partial charge >= 0.3 is 0 Å². The van der Waals surface area contributed by atoms with Gasteiger partial charge < -0.3 is 20.1 Å². The molecule has 3 aromatic rings. The van der Waals surface area contributed by atoms with Crippen molar-refractivity contribution in [2.45, 2.75) is 13.1 Å². The largest absolute Gasteiger partial charge is 0.493 e. The van der Waals surface area contributed by atoms with Crippen LogP contribution in [0.25, 0.3) is 0 Å². The van der Waals surface area contributed by atoms with Crippen molar-refractivity contribution >= 4 is 11.9 Å². The van der Waals surface area contributed by atoms with E-state index in [1.54, 1.807) is 26.6 Å². The van der Waals surface area contributed by atoms with Crippen LogP contribution in [0.3, 0.4) is 0 Å². The number of benzene rings is 1. The smallest absolute Gasteiger partial charge is 0.254 e. The van der Waals surface area contributed by atoms with Gasteiger partial charge in [-0.2, -0.15) is 0 Å². The number of pyridine rings is 1. The van der Waals surface area contributed by atoms with Crippen LogP contribution in [0, 0.1) is 0 Å². The quantitative estimate of drug-likeness (QED) is 0.620. The maximum atomic E-state index is 12.2. The summed E-state index contributed by atoms with van der Waals surface area (Å²) in [6.45, 7) is 0.902. The van der Waals surface area contributed by atoms with E-state index in [0.29, 0.717) is 36.1 Å². The Bertz CT molecular complexity index is 917. The zero-order chi connectivity index (χ0) is 19.8. The Hall–Kier alpha value is -3.68. The standard InChI is InChI=1S/C20H21N5O3/c1-27-17-6-5-14(8-18(17)28-2)10-23-20-24-12-16(13-25-20)19(26)22-11-15-4-3-7-21-9-15/h3-9,12-13H,10-11H2,1-2H3,(H,22,26)(H,23,24,25). The molecule has 8 heteroatoms. The molecular weight excluding hydrogens is 358 g/mol. The SMILES string of the molecule is COc1ccc(CNc2ncc(C(=O)NCc3cccnc3)cn2)cc1OC. The fraction of sp³-hybridized carbons (Fsp3) is 0.200. The third-order valence-electron chi connectivity index (χ3n) is 3.99. The third-order valence-corrected chi connectivity index (χ3v) is 3.99. The van der Waals surface area contributed by atoms with E-state index < -0.39 is 0 Å². The second-order valence-corrected chi connectivity index (χ2v) is 5.88. The summed E-state index contributed by atoms with van der Waals surface area (Å²) >= 11 is 0. The first-order valence-electron chi connectivity index (χ1n) is 8.63. The zero-order valence-corrected chi connectivity index (χ0v) is 15.7. The van der Waals surface area contributed by atoms with Crippen molar-refractivity contribution in [2.75, 3.05) is 19.5 Å². The molecule has 2 heterocycles. The summed E-state index contributed by atoms with van der Waals surface area (Å²) in [6.07, 6.45) is 6.37. The minimum Gasteiger partial charge on any atom is -0.493 e. The molecule has 28 heavy (non-hydrogen) atoms. The van der Waals surface area contributed by atoms with Gasteiger partial charge in [0.2, 0.25) is 5.95 Å². The predicted molar refractivity (Wildman–Crippen MR) is 104 cm³/mol. The van der Waals surface area contributed by atoms with Gasteiger partial charge in [0.25, 0.3) is 5.91 Å². The zero-order valence-electron chi connectivity index (χ0n) is 15.7. The van der Waals surface area contributed by atoms with Crippen molar-refractivity contribution in [3.63, 3.8) is 0 Å². The minimum absolute atomic E-state index is 0.240. The summed E-state index contributed by atoms with van der Waals surface area (Å²) in [5.74, 6) is 1.52. The molecule has 0 spiro atoms. The summed E-state index contributed by atoms with van der Waals surface area (Å²) in [7, 11) is 3.19. The number of hydrogen-bond acceptors (Lipinski definition) is 7. The number of methoxy groups -OCH3 is 2. The monoisotopic (exact) mass is 379 g/mol. The summed E-state index contributed by atoms with van der Waals surface area (Å²) in [5, 5.41) is 5.93. The average molecular weight is 379 g/mol. The van der Waals surface area contributed by atoms with Gasteiger partial charge in [-0.15, -0.1) is 0 Å². The summed E-state index contributed by atoms with van der Waals surface area (Å²) in [4.78, 5) is 24.6. The lowest BCUT2D eigenvalue weighted by molar-refractivity contribution is 0.0950. The number of ether oxygens (including phenoxy) is 2. The molecule has 1 aromatic carbocycles. The molecule has 0 saturated carbocycles. The number of amides is 1. The molecule has 3 rings (SSSR count). The van der Waals surface area contributed by atoms with Crippen LogP contribution in [-0.2, 0) is 13.1 Å². The van der Waals surface area contributed by atoms with Crippen LogP contribution in [-0.4, -0.2) is 35.1 Å². The second kappa shape index (κ2) is 9.31. The molecule has 0 saturated heterocycles.